The van der Waals surface area contributed by atoms with E-state index in [0.29, 0.717) is 18.9 Å². The van der Waals surface area contributed by atoms with E-state index in [1.807, 2.05) is 17.5 Å². The molecule has 3 nitrogen and oxygen atoms in total. The first kappa shape index (κ1) is 13.6. The van der Waals surface area contributed by atoms with Gasteiger partial charge in [-0.25, -0.2) is 0 Å². The van der Waals surface area contributed by atoms with Gasteiger partial charge in [-0.05, 0) is 30.2 Å². The van der Waals surface area contributed by atoms with Gasteiger partial charge in [-0.2, -0.15) is 0 Å². The zero-order chi connectivity index (χ0) is 12.8. The zero-order valence-corrected chi connectivity index (χ0v) is 11.4. The summed E-state index contributed by atoms with van der Waals surface area (Å²) in [6.45, 7) is 0.398. The zero-order valence-electron chi connectivity index (χ0n) is 10.6. The monoisotopic (exact) mass is 267 g/mol. The SMILES string of the molecule is O=C(Cc1cccs1)NC[C@@H](O)C1CCCCC1. The highest BCUT2D eigenvalue weighted by molar-refractivity contribution is 7.10. The van der Waals surface area contributed by atoms with E-state index in [1.54, 1.807) is 11.3 Å². The van der Waals surface area contributed by atoms with Crippen LogP contribution >= 0.6 is 11.3 Å². The Hall–Kier alpha value is -0.870. The van der Waals surface area contributed by atoms with Crippen LogP contribution < -0.4 is 5.32 Å². The maximum Gasteiger partial charge on any atom is 0.225 e. The molecule has 1 heterocycles. The molecule has 1 saturated carbocycles. The molecule has 1 aromatic rings. The first-order valence-electron chi connectivity index (χ1n) is 6.73. The van der Waals surface area contributed by atoms with E-state index in [9.17, 15) is 9.90 Å². The van der Waals surface area contributed by atoms with Crippen molar-refractivity contribution in [3.05, 3.63) is 22.4 Å². The average molecular weight is 267 g/mol. The molecule has 0 bridgehead atoms. The van der Waals surface area contributed by atoms with Gasteiger partial charge >= 0.3 is 0 Å². The maximum absolute atomic E-state index is 11.7. The molecule has 0 aliphatic heterocycles. The van der Waals surface area contributed by atoms with Crippen LogP contribution in [0.2, 0.25) is 0 Å². The molecule has 2 N–H and O–H groups in total. The van der Waals surface area contributed by atoms with Crippen LogP contribution in [0.4, 0.5) is 0 Å². The second-order valence-electron chi connectivity index (χ2n) is 5.03. The standard InChI is InChI=1S/C14H21NO2S/c16-13(11-5-2-1-3-6-11)10-15-14(17)9-12-7-4-8-18-12/h4,7-8,11,13,16H,1-3,5-6,9-10H2,(H,15,17)/t13-/m1/s1. The Morgan fingerprint density at radius 1 is 1.44 bits per heavy atom. The smallest absolute Gasteiger partial charge is 0.225 e. The molecule has 1 atom stereocenters. The third kappa shape index (κ3) is 4.10. The minimum Gasteiger partial charge on any atom is -0.391 e. The number of nitrogens with one attached hydrogen (secondary N) is 1. The van der Waals surface area contributed by atoms with Gasteiger partial charge in [0.05, 0.1) is 12.5 Å². The van der Waals surface area contributed by atoms with Crippen LogP contribution in [0.15, 0.2) is 17.5 Å². The molecule has 1 fully saturated rings. The van der Waals surface area contributed by atoms with Crippen molar-refractivity contribution in [2.75, 3.05) is 6.54 Å². The Morgan fingerprint density at radius 3 is 2.89 bits per heavy atom. The number of amides is 1. The summed E-state index contributed by atoms with van der Waals surface area (Å²) >= 11 is 1.59. The molecule has 4 heteroatoms. The van der Waals surface area contributed by atoms with E-state index >= 15 is 0 Å². The minimum atomic E-state index is -0.377. The van der Waals surface area contributed by atoms with Crippen molar-refractivity contribution in [1.29, 1.82) is 0 Å². The summed E-state index contributed by atoms with van der Waals surface area (Å²) in [4.78, 5) is 12.8. The van der Waals surface area contributed by atoms with E-state index < -0.39 is 0 Å². The highest BCUT2D eigenvalue weighted by atomic mass is 32.1. The number of rotatable bonds is 5. The van der Waals surface area contributed by atoms with Gasteiger partial charge in [-0.3, -0.25) is 4.79 Å². The molecule has 1 aliphatic carbocycles. The van der Waals surface area contributed by atoms with Crippen LogP contribution in [0.25, 0.3) is 0 Å². The highest BCUT2D eigenvalue weighted by Crippen LogP contribution is 2.26. The molecule has 0 saturated heterocycles. The summed E-state index contributed by atoms with van der Waals surface area (Å²) in [7, 11) is 0. The lowest BCUT2D eigenvalue weighted by Crippen LogP contribution is -2.37. The van der Waals surface area contributed by atoms with E-state index in [0.717, 1.165) is 17.7 Å². The molecule has 0 unspecified atom stereocenters. The molecular formula is C14H21NO2S. The van der Waals surface area contributed by atoms with Gasteiger partial charge in [0.15, 0.2) is 0 Å². The highest BCUT2D eigenvalue weighted by Gasteiger charge is 2.21. The number of carbonyl (C=O) groups is 1. The second-order valence-corrected chi connectivity index (χ2v) is 6.06. The van der Waals surface area contributed by atoms with Crippen molar-refractivity contribution < 1.29 is 9.90 Å². The quantitative estimate of drug-likeness (QED) is 0.860. The van der Waals surface area contributed by atoms with Crippen molar-refractivity contribution >= 4 is 17.2 Å². The Morgan fingerprint density at radius 2 is 2.22 bits per heavy atom. The van der Waals surface area contributed by atoms with Crippen LogP contribution in [-0.4, -0.2) is 23.7 Å². The number of aliphatic hydroxyl groups is 1. The summed E-state index contributed by atoms with van der Waals surface area (Å²) in [5, 5.41) is 14.8. The summed E-state index contributed by atoms with van der Waals surface area (Å²) in [5.41, 5.74) is 0. The fourth-order valence-corrected chi connectivity index (χ4v) is 3.24. The number of hydrogen-bond donors (Lipinski definition) is 2. The summed E-state index contributed by atoms with van der Waals surface area (Å²) in [5.74, 6) is 0.382. The molecule has 0 spiro atoms. The van der Waals surface area contributed by atoms with Crippen molar-refractivity contribution in [1.82, 2.24) is 5.32 Å². The predicted molar refractivity (Wildman–Crippen MR) is 73.6 cm³/mol. The van der Waals surface area contributed by atoms with Crippen LogP contribution in [0.1, 0.15) is 37.0 Å². The molecular weight excluding hydrogens is 246 g/mol. The molecule has 1 aliphatic rings. The third-order valence-corrected chi connectivity index (χ3v) is 4.49. The molecule has 0 aromatic carbocycles. The number of thiophene rings is 1. The van der Waals surface area contributed by atoms with Gasteiger partial charge in [0.2, 0.25) is 5.91 Å². The van der Waals surface area contributed by atoms with E-state index in [4.69, 9.17) is 0 Å². The molecule has 2 rings (SSSR count). The Bertz CT molecular complexity index is 358. The van der Waals surface area contributed by atoms with Crippen molar-refractivity contribution in [3.8, 4) is 0 Å². The lowest BCUT2D eigenvalue weighted by molar-refractivity contribution is -0.121. The molecule has 18 heavy (non-hydrogen) atoms. The van der Waals surface area contributed by atoms with Gasteiger partial charge in [0.25, 0.3) is 0 Å². The molecule has 100 valence electrons. The maximum atomic E-state index is 11.7. The summed E-state index contributed by atoms with van der Waals surface area (Å²) in [6.07, 6.45) is 5.96. The first-order chi connectivity index (χ1) is 8.75. The second kappa shape index (κ2) is 6.90. The van der Waals surface area contributed by atoms with Crippen molar-refractivity contribution in [2.45, 2.75) is 44.6 Å². The largest absolute Gasteiger partial charge is 0.391 e. The molecule has 0 radical (unpaired) electrons. The fraction of sp³-hybridized carbons (Fsp3) is 0.643. The predicted octanol–water partition coefficient (Wildman–Crippen LogP) is 2.35. The number of carbonyl (C=O) groups excluding carboxylic acids is 1. The van der Waals surface area contributed by atoms with Gasteiger partial charge < -0.3 is 10.4 Å². The fourth-order valence-electron chi connectivity index (χ4n) is 2.54. The van der Waals surface area contributed by atoms with Crippen LogP contribution in [0, 0.1) is 5.92 Å². The number of hydrogen-bond acceptors (Lipinski definition) is 3. The van der Waals surface area contributed by atoms with Crippen LogP contribution in [0.5, 0.6) is 0 Å². The van der Waals surface area contributed by atoms with Crippen molar-refractivity contribution in [3.63, 3.8) is 0 Å². The molecule has 1 amide bonds. The van der Waals surface area contributed by atoms with Gasteiger partial charge in [0.1, 0.15) is 0 Å². The van der Waals surface area contributed by atoms with Crippen molar-refractivity contribution in [2.24, 2.45) is 5.92 Å². The van der Waals surface area contributed by atoms with Crippen LogP contribution in [0.3, 0.4) is 0 Å². The summed E-state index contributed by atoms with van der Waals surface area (Å²) in [6, 6.07) is 3.91. The normalized spacial score (nSPS) is 18.5. The van der Waals surface area contributed by atoms with Crippen LogP contribution in [-0.2, 0) is 11.2 Å². The van der Waals surface area contributed by atoms with Gasteiger partial charge in [-0.15, -0.1) is 11.3 Å². The topological polar surface area (TPSA) is 49.3 Å². The molecule has 1 aromatic heterocycles. The first-order valence-corrected chi connectivity index (χ1v) is 7.61. The third-order valence-electron chi connectivity index (χ3n) is 3.62. The number of aliphatic hydroxyl groups excluding tert-OH is 1. The average Bonchev–Trinajstić information content (AvgIpc) is 2.90. The van der Waals surface area contributed by atoms with E-state index in [-0.39, 0.29) is 12.0 Å². The summed E-state index contributed by atoms with van der Waals surface area (Å²) < 4.78 is 0. The lowest BCUT2D eigenvalue weighted by Gasteiger charge is -2.26. The Balaban J connectivity index is 1.68. The Labute approximate surface area is 112 Å². The van der Waals surface area contributed by atoms with Gasteiger partial charge in [0, 0.05) is 11.4 Å². The lowest BCUT2D eigenvalue weighted by atomic mass is 9.85. The van der Waals surface area contributed by atoms with Gasteiger partial charge in [-0.1, -0.05) is 25.3 Å². The van der Waals surface area contributed by atoms with E-state index in [1.165, 1.54) is 19.3 Å². The van der Waals surface area contributed by atoms with E-state index in [2.05, 4.69) is 5.32 Å². The minimum absolute atomic E-state index is 0.00677. The Kier molecular flexibility index (Phi) is 5.20.